The molecule has 0 radical (unpaired) electrons. The van der Waals surface area contributed by atoms with Gasteiger partial charge < -0.3 is 14.8 Å². The van der Waals surface area contributed by atoms with E-state index >= 15 is 0 Å². The Bertz CT molecular complexity index is 376. The fourth-order valence-corrected chi connectivity index (χ4v) is 1.91. The third-order valence-electron chi connectivity index (χ3n) is 2.86. The molecule has 1 aromatic rings. The fraction of sp³-hybridized carbons (Fsp3) is 0.538. The van der Waals surface area contributed by atoms with Gasteiger partial charge >= 0.3 is 0 Å². The minimum atomic E-state index is -0.315. The van der Waals surface area contributed by atoms with Crippen LogP contribution in [0.15, 0.2) is 18.2 Å². The van der Waals surface area contributed by atoms with Crippen LogP contribution in [0.1, 0.15) is 25.5 Å². The minimum absolute atomic E-state index is 0.0661. The van der Waals surface area contributed by atoms with E-state index in [0.717, 1.165) is 12.1 Å². The molecule has 1 fully saturated rings. The van der Waals surface area contributed by atoms with Crippen molar-refractivity contribution in [2.75, 3.05) is 19.8 Å². The second-order valence-corrected chi connectivity index (χ2v) is 4.23. The zero-order valence-electron chi connectivity index (χ0n) is 10.2. The molecular formula is C13H18FNO2. The van der Waals surface area contributed by atoms with Gasteiger partial charge in [-0.1, -0.05) is 6.07 Å². The normalized spacial score (nSPS) is 24.6. The molecule has 0 spiro atoms. The maximum atomic E-state index is 13.7. The molecule has 1 heterocycles. The minimum Gasteiger partial charge on any atom is -0.491 e. The van der Waals surface area contributed by atoms with E-state index in [1.165, 1.54) is 6.07 Å². The summed E-state index contributed by atoms with van der Waals surface area (Å²) in [5.74, 6) is -0.00822. The van der Waals surface area contributed by atoms with Gasteiger partial charge in [0.25, 0.3) is 0 Å². The Morgan fingerprint density at radius 1 is 1.53 bits per heavy atom. The van der Waals surface area contributed by atoms with Crippen LogP contribution in [-0.2, 0) is 4.74 Å². The molecule has 2 atom stereocenters. The lowest BCUT2D eigenvalue weighted by molar-refractivity contribution is 0.0148. The number of hydrogen-bond donors (Lipinski definition) is 1. The molecule has 2 rings (SSSR count). The van der Waals surface area contributed by atoms with Gasteiger partial charge in [-0.3, -0.25) is 0 Å². The van der Waals surface area contributed by atoms with Gasteiger partial charge in [0.15, 0.2) is 11.6 Å². The average Bonchev–Trinajstić information content (AvgIpc) is 2.33. The lowest BCUT2D eigenvalue weighted by atomic mass is 10.1. The third-order valence-corrected chi connectivity index (χ3v) is 2.86. The predicted molar refractivity (Wildman–Crippen MR) is 63.7 cm³/mol. The second kappa shape index (κ2) is 5.47. The van der Waals surface area contributed by atoms with Crippen LogP contribution in [0.25, 0.3) is 0 Å². The van der Waals surface area contributed by atoms with E-state index in [-0.39, 0.29) is 18.0 Å². The first-order chi connectivity index (χ1) is 8.20. The average molecular weight is 239 g/mol. The van der Waals surface area contributed by atoms with Gasteiger partial charge in [-0.15, -0.1) is 0 Å². The van der Waals surface area contributed by atoms with Crippen molar-refractivity contribution in [3.05, 3.63) is 29.6 Å². The molecule has 1 aliphatic rings. The molecule has 0 amide bonds. The molecule has 1 aliphatic heterocycles. The summed E-state index contributed by atoms with van der Waals surface area (Å²) >= 11 is 0. The van der Waals surface area contributed by atoms with E-state index in [2.05, 4.69) is 5.32 Å². The quantitative estimate of drug-likeness (QED) is 0.877. The van der Waals surface area contributed by atoms with E-state index in [0.29, 0.717) is 19.0 Å². The van der Waals surface area contributed by atoms with Crippen molar-refractivity contribution in [2.45, 2.75) is 26.0 Å². The Hall–Kier alpha value is -1.13. The van der Waals surface area contributed by atoms with Crippen LogP contribution in [0.2, 0.25) is 0 Å². The van der Waals surface area contributed by atoms with Crippen molar-refractivity contribution >= 4 is 0 Å². The molecular weight excluding hydrogens is 221 g/mol. The molecule has 4 heteroatoms. The maximum Gasteiger partial charge on any atom is 0.165 e. The maximum absolute atomic E-state index is 13.7. The fourth-order valence-electron chi connectivity index (χ4n) is 1.91. The summed E-state index contributed by atoms with van der Waals surface area (Å²) in [6, 6.07) is 5.14. The lowest BCUT2D eigenvalue weighted by Crippen LogP contribution is -2.39. The van der Waals surface area contributed by atoms with Crippen LogP contribution in [0.3, 0.4) is 0 Å². The molecule has 0 saturated carbocycles. The van der Waals surface area contributed by atoms with Gasteiger partial charge in [-0.25, -0.2) is 4.39 Å². The summed E-state index contributed by atoms with van der Waals surface area (Å²) in [6.45, 7) is 5.69. The van der Waals surface area contributed by atoms with Gasteiger partial charge in [-0.2, -0.15) is 0 Å². The first kappa shape index (κ1) is 12.3. The highest BCUT2D eigenvalue weighted by Gasteiger charge is 2.20. The van der Waals surface area contributed by atoms with Crippen molar-refractivity contribution in [3.8, 4) is 5.75 Å². The lowest BCUT2D eigenvalue weighted by Gasteiger charge is -2.28. The van der Waals surface area contributed by atoms with Crippen molar-refractivity contribution < 1.29 is 13.9 Å². The Kier molecular flexibility index (Phi) is 3.97. The highest BCUT2D eigenvalue weighted by Crippen LogP contribution is 2.24. The molecule has 0 bridgehead atoms. The summed E-state index contributed by atoms with van der Waals surface area (Å²) in [6.07, 6.45) is 0.221. The van der Waals surface area contributed by atoms with Crippen molar-refractivity contribution in [3.63, 3.8) is 0 Å². The highest BCUT2D eigenvalue weighted by atomic mass is 19.1. The number of hydrogen-bond acceptors (Lipinski definition) is 3. The number of nitrogens with one attached hydrogen (secondary N) is 1. The van der Waals surface area contributed by atoms with Crippen LogP contribution in [-0.4, -0.2) is 25.9 Å². The van der Waals surface area contributed by atoms with Gasteiger partial charge in [0.05, 0.1) is 25.4 Å². The summed E-state index contributed by atoms with van der Waals surface area (Å²) < 4.78 is 24.4. The van der Waals surface area contributed by atoms with Crippen LogP contribution in [0.5, 0.6) is 5.75 Å². The Morgan fingerprint density at radius 2 is 2.35 bits per heavy atom. The molecule has 0 aromatic heterocycles. The first-order valence-electron chi connectivity index (χ1n) is 5.98. The number of morpholine rings is 1. The van der Waals surface area contributed by atoms with Gasteiger partial charge in [0.1, 0.15) is 0 Å². The molecule has 2 unspecified atom stereocenters. The number of ether oxygens (including phenoxy) is 2. The second-order valence-electron chi connectivity index (χ2n) is 4.23. The van der Waals surface area contributed by atoms with E-state index in [1.807, 2.05) is 19.9 Å². The summed E-state index contributed by atoms with van der Waals surface area (Å²) in [4.78, 5) is 0. The van der Waals surface area contributed by atoms with Crippen molar-refractivity contribution in [2.24, 2.45) is 0 Å². The Labute approximate surface area is 101 Å². The van der Waals surface area contributed by atoms with Gasteiger partial charge in [0.2, 0.25) is 0 Å². The molecule has 3 nitrogen and oxygen atoms in total. The highest BCUT2D eigenvalue weighted by molar-refractivity contribution is 5.31. The third kappa shape index (κ3) is 2.96. The predicted octanol–water partition coefficient (Wildman–Crippen LogP) is 2.27. The van der Waals surface area contributed by atoms with Gasteiger partial charge in [-0.05, 0) is 31.5 Å². The zero-order valence-corrected chi connectivity index (χ0v) is 10.2. The van der Waals surface area contributed by atoms with E-state index in [9.17, 15) is 4.39 Å². The summed E-state index contributed by atoms with van der Waals surface area (Å²) in [5, 5.41) is 3.33. The SMILES string of the molecule is CCOc1ccc(C2COC(C)CN2)cc1F. The molecule has 1 aromatic carbocycles. The summed E-state index contributed by atoms with van der Waals surface area (Å²) in [7, 11) is 0. The van der Waals surface area contributed by atoms with Crippen LogP contribution in [0, 0.1) is 5.82 Å². The monoisotopic (exact) mass is 239 g/mol. The van der Waals surface area contributed by atoms with Crippen LogP contribution < -0.4 is 10.1 Å². The van der Waals surface area contributed by atoms with E-state index in [4.69, 9.17) is 9.47 Å². The number of benzene rings is 1. The smallest absolute Gasteiger partial charge is 0.165 e. The van der Waals surface area contributed by atoms with E-state index < -0.39 is 0 Å². The van der Waals surface area contributed by atoms with Crippen molar-refractivity contribution in [1.29, 1.82) is 0 Å². The van der Waals surface area contributed by atoms with Gasteiger partial charge in [0, 0.05) is 6.54 Å². The topological polar surface area (TPSA) is 30.5 Å². The van der Waals surface area contributed by atoms with Crippen LogP contribution in [0.4, 0.5) is 4.39 Å². The Morgan fingerprint density at radius 3 is 2.94 bits per heavy atom. The molecule has 1 N–H and O–H groups in total. The molecule has 1 saturated heterocycles. The zero-order chi connectivity index (χ0) is 12.3. The first-order valence-corrected chi connectivity index (χ1v) is 5.98. The van der Waals surface area contributed by atoms with Crippen molar-refractivity contribution in [1.82, 2.24) is 5.32 Å². The standard InChI is InChI=1S/C13H18FNO2/c1-3-16-13-5-4-10(6-11(13)14)12-8-17-9(2)7-15-12/h4-6,9,12,15H,3,7-8H2,1-2H3. The van der Waals surface area contributed by atoms with Crippen LogP contribution >= 0.6 is 0 Å². The molecule has 0 aliphatic carbocycles. The molecule has 94 valence electrons. The van der Waals surface area contributed by atoms with E-state index in [1.54, 1.807) is 6.07 Å². The summed E-state index contributed by atoms with van der Waals surface area (Å²) in [5.41, 5.74) is 0.901. The molecule has 17 heavy (non-hydrogen) atoms. The Balaban J connectivity index is 2.09. The number of rotatable bonds is 3. The largest absolute Gasteiger partial charge is 0.491 e. The number of halogens is 1.